The van der Waals surface area contributed by atoms with Gasteiger partial charge in [-0.2, -0.15) is 0 Å². The fourth-order valence-electron chi connectivity index (χ4n) is 1.69. The van der Waals surface area contributed by atoms with Crippen molar-refractivity contribution in [1.82, 2.24) is 5.32 Å². The zero-order chi connectivity index (χ0) is 12.8. The van der Waals surface area contributed by atoms with Crippen LogP contribution >= 0.6 is 11.3 Å². The first kappa shape index (κ1) is 12.8. The van der Waals surface area contributed by atoms with Crippen molar-refractivity contribution in [2.75, 3.05) is 6.54 Å². The third-order valence-corrected chi connectivity index (χ3v) is 3.63. The minimum absolute atomic E-state index is 0.127. The van der Waals surface area contributed by atoms with E-state index < -0.39 is 6.04 Å². The van der Waals surface area contributed by atoms with Gasteiger partial charge in [-0.05, 0) is 23.4 Å². The molecule has 1 atom stereocenters. The van der Waals surface area contributed by atoms with Crippen molar-refractivity contribution in [3.63, 3.8) is 0 Å². The largest absolute Gasteiger partial charge is 0.354 e. The van der Waals surface area contributed by atoms with Crippen LogP contribution in [0.3, 0.4) is 0 Å². The monoisotopic (exact) mass is 260 g/mol. The quantitative estimate of drug-likeness (QED) is 0.865. The summed E-state index contributed by atoms with van der Waals surface area (Å²) in [5.41, 5.74) is 6.73. The van der Waals surface area contributed by atoms with Crippen LogP contribution in [0.1, 0.15) is 16.5 Å². The van der Waals surface area contributed by atoms with Crippen LogP contribution in [0.25, 0.3) is 0 Å². The molecule has 0 aliphatic heterocycles. The molecule has 94 valence electrons. The highest BCUT2D eigenvalue weighted by atomic mass is 32.1. The molecule has 1 aromatic heterocycles. The van der Waals surface area contributed by atoms with Crippen molar-refractivity contribution in [3.05, 3.63) is 58.3 Å². The van der Waals surface area contributed by atoms with E-state index in [0.29, 0.717) is 6.54 Å². The Morgan fingerprint density at radius 3 is 2.67 bits per heavy atom. The number of hydrogen-bond donors (Lipinski definition) is 2. The topological polar surface area (TPSA) is 55.1 Å². The smallest absolute Gasteiger partial charge is 0.241 e. The molecule has 3 nitrogen and oxygen atoms in total. The number of thiophene rings is 1. The SMILES string of the molecule is NC(C(=O)NCCc1cccs1)c1ccccc1. The minimum Gasteiger partial charge on any atom is -0.354 e. The summed E-state index contributed by atoms with van der Waals surface area (Å²) in [6, 6.07) is 12.9. The van der Waals surface area contributed by atoms with Crippen LogP contribution in [-0.4, -0.2) is 12.5 Å². The van der Waals surface area contributed by atoms with E-state index in [1.54, 1.807) is 11.3 Å². The lowest BCUT2D eigenvalue weighted by molar-refractivity contribution is -0.122. The Kier molecular flexibility index (Phi) is 4.50. The summed E-state index contributed by atoms with van der Waals surface area (Å²) in [6.45, 7) is 0.625. The molecule has 0 bridgehead atoms. The van der Waals surface area contributed by atoms with Crippen LogP contribution in [-0.2, 0) is 11.2 Å². The molecule has 0 radical (unpaired) electrons. The standard InChI is InChI=1S/C14H16N2OS/c15-13(11-5-2-1-3-6-11)14(17)16-9-8-12-7-4-10-18-12/h1-7,10,13H,8-9,15H2,(H,16,17). The molecule has 1 unspecified atom stereocenters. The van der Waals surface area contributed by atoms with Gasteiger partial charge in [0.15, 0.2) is 0 Å². The van der Waals surface area contributed by atoms with Crippen LogP contribution < -0.4 is 11.1 Å². The zero-order valence-corrected chi connectivity index (χ0v) is 10.8. The van der Waals surface area contributed by atoms with Gasteiger partial charge in [0.05, 0.1) is 0 Å². The number of rotatable bonds is 5. The predicted molar refractivity (Wildman–Crippen MR) is 74.4 cm³/mol. The molecule has 0 spiro atoms. The minimum atomic E-state index is -0.588. The maximum absolute atomic E-state index is 11.8. The fraction of sp³-hybridized carbons (Fsp3) is 0.214. The summed E-state index contributed by atoms with van der Waals surface area (Å²) in [5, 5.41) is 4.90. The molecule has 4 heteroatoms. The third kappa shape index (κ3) is 3.42. The highest BCUT2D eigenvalue weighted by Crippen LogP contribution is 2.10. The number of nitrogens with two attached hydrogens (primary N) is 1. The predicted octanol–water partition coefficient (Wildman–Crippen LogP) is 2.11. The molecule has 0 fully saturated rings. The molecule has 0 aliphatic carbocycles. The maximum atomic E-state index is 11.8. The molecule has 1 amide bonds. The summed E-state index contributed by atoms with van der Waals surface area (Å²) in [4.78, 5) is 13.1. The van der Waals surface area contributed by atoms with Crippen molar-refractivity contribution in [1.29, 1.82) is 0 Å². The molecule has 1 aromatic carbocycles. The van der Waals surface area contributed by atoms with E-state index in [0.717, 1.165) is 12.0 Å². The molecule has 0 saturated carbocycles. The lowest BCUT2D eigenvalue weighted by Crippen LogP contribution is -2.35. The van der Waals surface area contributed by atoms with E-state index in [-0.39, 0.29) is 5.91 Å². The number of hydrogen-bond acceptors (Lipinski definition) is 3. The van der Waals surface area contributed by atoms with Crippen molar-refractivity contribution in [2.24, 2.45) is 5.73 Å². The molecule has 2 aromatic rings. The van der Waals surface area contributed by atoms with E-state index in [4.69, 9.17) is 5.73 Å². The van der Waals surface area contributed by atoms with Crippen LogP contribution in [0.5, 0.6) is 0 Å². The second kappa shape index (κ2) is 6.33. The fourth-order valence-corrected chi connectivity index (χ4v) is 2.39. The maximum Gasteiger partial charge on any atom is 0.241 e. The van der Waals surface area contributed by atoms with Crippen molar-refractivity contribution in [3.8, 4) is 0 Å². The Morgan fingerprint density at radius 2 is 2.00 bits per heavy atom. The summed E-state index contributed by atoms with van der Waals surface area (Å²) in [6.07, 6.45) is 0.852. The molecule has 0 aliphatic rings. The number of benzene rings is 1. The normalized spacial score (nSPS) is 12.1. The van der Waals surface area contributed by atoms with Gasteiger partial charge in [0.25, 0.3) is 0 Å². The molecule has 3 N–H and O–H groups in total. The van der Waals surface area contributed by atoms with Gasteiger partial charge < -0.3 is 11.1 Å². The first-order valence-electron chi connectivity index (χ1n) is 5.88. The zero-order valence-electron chi connectivity index (χ0n) is 10.0. The average Bonchev–Trinajstić information content (AvgIpc) is 2.92. The summed E-state index contributed by atoms with van der Waals surface area (Å²) < 4.78 is 0. The van der Waals surface area contributed by atoms with Crippen molar-refractivity contribution in [2.45, 2.75) is 12.5 Å². The van der Waals surface area contributed by atoms with Gasteiger partial charge in [0.2, 0.25) is 5.91 Å². The van der Waals surface area contributed by atoms with Gasteiger partial charge in [0, 0.05) is 11.4 Å². The molecule has 1 heterocycles. The first-order chi connectivity index (χ1) is 8.77. The molecular formula is C14H16N2OS. The van der Waals surface area contributed by atoms with E-state index >= 15 is 0 Å². The summed E-state index contributed by atoms with van der Waals surface area (Å²) in [7, 11) is 0. The van der Waals surface area contributed by atoms with Crippen LogP contribution in [0, 0.1) is 0 Å². The molecule has 0 saturated heterocycles. The van der Waals surface area contributed by atoms with E-state index in [1.165, 1.54) is 4.88 Å². The van der Waals surface area contributed by atoms with Crippen LogP contribution in [0.2, 0.25) is 0 Å². The van der Waals surface area contributed by atoms with Crippen molar-refractivity contribution < 1.29 is 4.79 Å². The number of carbonyl (C=O) groups excluding carboxylic acids is 1. The Hall–Kier alpha value is -1.65. The second-order valence-corrected chi connectivity index (χ2v) is 5.04. The Bertz CT molecular complexity index is 482. The van der Waals surface area contributed by atoms with Gasteiger partial charge in [-0.25, -0.2) is 0 Å². The third-order valence-electron chi connectivity index (χ3n) is 2.69. The van der Waals surface area contributed by atoms with Gasteiger partial charge >= 0.3 is 0 Å². The Morgan fingerprint density at radius 1 is 1.22 bits per heavy atom. The molecular weight excluding hydrogens is 244 g/mol. The number of amides is 1. The van der Waals surface area contributed by atoms with E-state index in [9.17, 15) is 4.79 Å². The van der Waals surface area contributed by atoms with Crippen LogP contribution in [0.15, 0.2) is 47.8 Å². The highest BCUT2D eigenvalue weighted by Gasteiger charge is 2.14. The van der Waals surface area contributed by atoms with Gasteiger partial charge in [-0.15, -0.1) is 11.3 Å². The summed E-state index contributed by atoms with van der Waals surface area (Å²) >= 11 is 1.70. The van der Waals surface area contributed by atoms with E-state index in [1.807, 2.05) is 41.8 Å². The number of nitrogens with one attached hydrogen (secondary N) is 1. The first-order valence-corrected chi connectivity index (χ1v) is 6.76. The van der Waals surface area contributed by atoms with Crippen LogP contribution in [0.4, 0.5) is 0 Å². The van der Waals surface area contributed by atoms with Gasteiger partial charge in [-0.3, -0.25) is 4.79 Å². The van der Waals surface area contributed by atoms with Crippen molar-refractivity contribution >= 4 is 17.2 Å². The molecule has 18 heavy (non-hydrogen) atoms. The molecule has 2 rings (SSSR count). The number of carbonyl (C=O) groups is 1. The lowest BCUT2D eigenvalue weighted by atomic mass is 10.1. The average molecular weight is 260 g/mol. The van der Waals surface area contributed by atoms with Gasteiger partial charge in [0.1, 0.15) is 6.04 Å². The summed E-state index contributed by atoms with van der Waals surface area (Å²) in [5.74, 6) is -0.127. The second-order valence-electron chi connectivity index (χ2n) is 4.01. The highest BCUT2D eigenvalue weighted by molar-refractivity contribution is 7.09. The van der Waals surface area contributed by atoms with Gasteiger partial charge in [-0.1, -0.05) is 36.4 Å². The van der Waals surface area contributed by atoms with E-state index in [2.05, 4.69) is 11.4 Å². The lowest BCUT2D eigenvalue weighted by Gasteiger charge is -2.12. The Balaban J connectivity index is 1.81. The Labute approximate surface area is 111 Å².